The highest BCUT2D eigenvalue weighted by atomic mass is 35.5. The number of carboxylic acids is 1. The van der Waals surface area contributed by atoms with Crippen molar-refractivity contribution < 1.29 is 19.4 Å². The molecule has 0 aromatic heterocycles. The predicted octanol–water partition coefficient (Wildman–Crippen LogP) is 5.57. The van der Waals surface area contributed by atoms with Gasteiger partial charge >= 0.3 is 5.97 Å². The highest BCUT2D eigenvalue weighted by Gasteiger charge is 2.38. The van der Waals surface area contributed by atoms with Crippen molar-refractivity contribution in [1.29, 1.82) is 0 Å². The number of ether oxygens (including phenoxy) is 2. The third-order valence-corrected chi connectivity index (χ3v) is 6.05. The summed E-state index contributed by atoms with van der Waals surface area (Å²) >= 11 is 6.34. The topological polar surface area (TPSA) is 59.0 Å². The molecule has 0 spiro atoms. The summed E-state index contributed by atoms with van der Waals surface area (Å²) in [6, 6.07) is 22.4. The average molecular weight is 452 g/mol. The van der Waals surface area contributed by atoms with Gasteiger partial charge in [-0.15, -0.1) is 0 Å². The van der Waals surface area contributed by atoms with Crippen LogP contribution in [-0.2, 0) is 11.4 Å². The lowest BCUT2D eigenvalue weighted by Crippen LogP contribution is -2.39. The molecule has 1 aliphatic rings. The van der Waals surface area contributed by atoms with Gasteiger partial charge in [-0.25, -0.2) is 0 Å². The minimum Gasteiger partial charge on any atom is -0.496 e. The average Bonchev–Trinajstić information content (AvgIpc) is 3.29. The number of methoxy groups -OCH3 is 1. The molecule has 0 amide bonds. The molecule has 1 fully saturated rings. The molecule has 166 valence electrons. The van der Waals surface area contributed by atoms with Gasteiger partial charge in [0.05, 0.1) is 13.2 Å². The molecule has 1 N–H and O–H groups in total. The van der Waals surface area contributed by atoms with Gasteiger partial charge in [0.2, 0.25) is 0 Å². The number of carboxylic acid groups (broad SMARTS) is 1. The molecule has 3 aromatic rings. The largest absolute Gasteiger partial charge is 0.496 e. The molecule has 6 heteroatoms. The first-order valence-electron chi connectivity index (χ1n) is 10.7. The third kappa shape index (κ3) is 4.90. The monoisotopic (exact) mass is 451 g/mol. The highest BCUT2D eigenvalue weighted by Crippen LogP contribution is 2.41. The van der Waals surface area contributed by atoms with Crippen LogP contribution in [0, 0.1) is 0 Å². The Balaban J connectivity index is 1.72. The molecule has 0 radical (unpaired) electrons. The second-order valence-corrected chi connectivity index (χ2v) is 8.31. The van der Waals surface area contributed by atoms with E-state index >= 15 is 0 Å². The Labute approximate surface area is 193 Å². The minimum atomic E-state index is -0.815. The Morgan fingerprint density at radius 1 is 1.12 bits per heavy atom. The van der Waals surface area contributed by atoms with Crippen molar-refractivity contribution in [2.75, 3.05) is 13.7 Å². The first kappa shape index (κ1) is 22.2. The number of halogens is 1. The van der Waals surface area contributed by atoms with Gasteiger partial charge < -0.3 is 14.6 Å². The van der Waals surface area contributed by atoms with Crippen molar-refractivity contribution >= 4 is 17.6 Å². The van der Waals surface area contributed by atoms with Crippen LogP contribution in [0.3, 0.4) is 0 Å². The van der Waals surface area contributed by atoms with Crippen LogP contribution >= 0.6 is 11.6 Å². The lowest BCUT2D eigenvalue weighted by atomic mass is 9.95. The van der Waals surface area contributed by atoms with Crippen LogP contribution in [0.5, 0.6) is 11.5 Å². The molecule has 1 saturated heterocycles. The number of likely N-dealkylation sites (tertiary alicyclic amines) is 1. The molecule has 0 saturated carbocycles. The van der Waals surface area contributed by atoms with Crippen molar-refractivity contribution in [3.05, 3.63) is 94.5 Å². The van der Waals surface area contributed by atoms with E-state index in [0.717, 1.165) is 28.9 Å². The van der Waals surface area contributed by atoms with Crippen LogP contribution in [0.2, 0.25) is 5.02 Å². The molecule has 1 heterocycles. The molecule has 32 heavy (non-hydrogen) atoms. The lowest BCUT2D eigenvalue weighted by Gasteiger charge is -2.33. The first-order chi connectivity index (χ1) is 15.6. The second-order valence-electron chi connectivity index (χ2n) is 7.87. The Hall–Kier alpha value is -3.02. The Morgan fingerprint density at radius 2 is 1.94 bits per heavy atom. The number of hydrogen-bond donors (Lipinski definition) is 1. The standard InChI is InChI=1S/C26H26ClNO4/c1-31-24-13-12-20(27)16-22(24)25(28-14-6-11-23(28)26(29)30)19-9-5-10-21(15-19)32-17-18-7-3-2-4-8-18/h2-5,7-10,12-13,15-16,23,25H,6,11,14,17H2,1H3,(H,29,30). The maximum atomic E-state index is 12.0. The van der Waals surface area contributed by atoms with Gasteiger partial charge in [-0.2, -0.15) is 0 Å². The molecular formula is C26H26ClNO4. The zero-order chi connectivity index (χ0) is 22.5. The maximum Gasteiger partial charge on any atom is 0.320 e. The van der Waals surface area contributed by atoms with Crippen LogP contribution in [0.1, 0.15) is 35.6 Å². The number of aliphatic carboxylic acids is 1. The fourth-order valence-electron chi connectivity index (χ4n) is 4.35. The number of nitrogens with zero attached hydrogens (tertiary/aromatic N) is 1. The Bertz CT molecular complexity index is 1070. The fraction of sp³-hybridized carbons (Fsp3) is 0.269. The normalized spacial score (nSPS) is 17.1. The first-order valence-corrected chi connectivity index (χ1v) is 11.0. The summed E-state index contributed by atoms with van der Waals surface area (Å²) in [5.41, 5.74) is 2.86. The fourth-order valence-corrected chi connectivity index (χ4v) is 4.53. The van der Waals surface area contributed by atoms with E-state index < -0.39 is 12.0 Å². The predicted molar refractivity (Wildman–Crippen MR) is 124 cm³/mol. The van der Waals surface area contributed by atoms with E-state index in [1.807, 2.05) is 71.6 Å². The van der Waals surface area contributed by atoms with E-state index in [1.54, 1.807) is 13.2 Å². The van der Waals surface area contributed by atoms with E-state index in [0.29, 0.717) is 30.3 Å². The summed E-state index contributed by atoms with van der Waals surface area (Å²) in [7, 11) is 1.61. The summed E-state index contributed by atoms with van der Waals surface area (Å²) in [6.07, 6.45) is 1.43. The quantitative estimate of drug-likeness (QED) is 0.485. The second kappa shape index (κ2) is 10.1. The number of rotatable bonds is 8. The smallest absolute Gasteiger partial charge is 0.320 e. The van der Waals surface area contributed by atoms with Crippen molar-refractivity contribution in [3.8, 4) is 11.5 Å². The van der Waals surface area contributed by atoms with Gasteiger partial charge in [0.25, 0.3) is 0 Å². The van der Waals surface area contributed by atoms with E-state index in [-0.39, 0.29) is 6.04 Å². The lowest BCUT2D eigenvalue weighted by molar-refractivity contribution is -0.142. The van der Waals surface area contributed by atoms with Gasteiger partial charge in [-0.1, -0.05) is 54.1 Å². The molecule has 2 unspecified atom stereocenters. The van der Waals surface area contributed by atoms with Crippen LogP contribution in [-0.4, -0.2) is 35.7 Å². The van der Waals surface area contributed by atoms with Crippen molar-refractivity contribution in [2.24, 2.45) is 0 Å². The van der Waals surface area contributed by atoms with Gasteiger partial charge in [0.15, 0.2) is 0 Å². The van der Waals surface area contributed by atoms with Crippen LogP contribution in [0.4, 0.5) is 0 Å². The highest BCUT2D eigenvalue weighted by molar-refractivity contribution is 6.30. The molecule has 4 rings (SSSR count). The Morgan fingerprint density at radius 3 is 2.69 bits per heavy atom. The minimum absolute atomic E-state index is 0.326. The van der Waals surface area contributed by atoms with E-state index in [9.17, 15) is 9.90 Å². The van der Waals surface area contributed by atoms with Crippen LogP contribution < -0.4 is 9.47 Å². The molecule has 1 aliphatic heterocycles. The van der Waals surface area contributed by atoms with Gasteiger partial charge in [-0.05, 0) is 54.3 Å². The molecular weight excluding hydrogens is 426 g/mol. The SMILES string of the molecule is COc1ccc(Cl)cc1C(c1cccc(OCc2ccccc2)c1)N1CCCC1C(=O)O. The maximum absolute atomic E-state index is 12.0. The zero-order valence-electron chi connectivity index (χ0n) is 17.9. The molecule has 0 bridgehead atoms. The zero-order valence-corrected chi connectivity index (χ0v) is 18.7. The van der Waals surface area contributed by atoms with Crippen LogP contribution in [0.25, 0.3) is 0 Å². The summed E-state index contributed by atoms with van der Waals surface area (Å²) in [6.45, 7) is 1.13. The van der Waals surface area contributed by atoms with E-state index in [2.05, 4.69) is 0 Å². The van der Waals surface area contributed by atoms with Gasteiger partial charge in [0.1, 0.15) is 24.1 Å². The van der Waals surface area contributed by atoms with Crippen molar-refractivity contribution in [1.82, 2.24) is 4.90 Å². The van der Waals surface area contributed by atoms with E-state index in [4.69, 9.17) is 21.1 Å². The van der Waals surface area contributed by atoms with Crippen molar-refractivity contribution in [2.45, 2.75) is 31.5 Å². The van der Waals surface area contributed by atoms with Gasteiger partial charge in [-0.3, -0.25) is 9.69 Å². The van der Waals surface area contributed by atoms with E-state index in [1.165, 1.54) is 0 Å². The van der Waals surface area contributed by atoms with Crippen LogP contribution in [0.15, 0.2) is 72.8 Å². The molecule has 5 nitrogen and oxygen atoms in total. The summed E-state index contributed by atoms with van der Waals surface area (Å²) in [5, 5.41) is 10.4. The number of hydrogen-bond acceptors (Lipinski definition) is 4. The molecule has 3 aromatic carbocycles. The number of carbonyl (C=O) groups is 1. The summed E-state index contributed by atoms with van der Waals surface area (Å²) in [5.74, 6) is 0.583. The summed E-state index contributed by atoms with van der Waals surface area (Å²) < 4.78 is 11.7. The number of benzene rings is 3. The molecule has 2 atom stereocenters. The summed E-state index contributed by atoms with van der Waals surface area (Å²) in [4.78, 5) is 14.0. The third-order valence-electron chi connectivity index (χ3n) is 5.82. The van der Waals surface area contributed by atoms with Gasteiger partial charge in [0, 0.05) is 17.1 Å². The Kier molecular flexibility index (Phi) is 6.98. The van der Waals surface area contributed by atoms with Crippen molar-refractivity contribution in [3.63, 3.8) is 0 Å². The molecule has 0 aliphatic carbocycles.